The highest BCUT2D eigenvalue weighted by Crippen LogP contribution is 2.29. The van der Waals surface area contributed by atoms with E-state index in [1.165, 1.54) is 20.1 Å². The molecule has 0 bridgehead atoms. The van der Waals surface area contributed by atoms with Crippen molar-refractivity contribution in [3.8, 4) is 11.5 Å². The zero-order chi connectivity index (χ0) is 16.5. The van der Waals surface area contributed by atoms with Crippen molar-refractivity contribution in [1.29, 1.82) is 0 Å². The highest BCUT2D eigenvalue weighted by atomic mass is 16.5. The Balaban J connectivity index is 2.82. The van der Waals surface area contributed by atoms with E-state index < -0.39 is 5.91 Å². The number of unbranched alkanes of at least 4 members (excludes halogenated alkanes) is 1. The first-order valence-electron chi connectivity index (χ1n) is 7.14. The van der Waals surface area contributed by atoms with Crippen LogP contribution in [-0.4, -0.2) is 24.8 Å². The number of hydrogen-bond acceptors (Lipinski definition) is 5. The fourth-order valence-corrected chi connectivity index (χ4v) is 1.77. The van der Waals surface area contributed by atoms with Crippen LogP contribution in [0.1, 0.15) is 39.5 Å². The highest BCUT2D eigenvalue weighted by molar-refractivity contribution is 6.04. The summed E-state index contributed by atoms with van der Waals surface area (Å²) in [6.07, 6.45) is 1.79. The van der Waals surface area contributed by atoms with Gasteiger partial charge in [-0.2, -0.15) is 0 Å². The molecule has 0 spiro atoms. The lowest BCUT2D eigenvalue weighted by Crippen LogP contribution is -2.15. The molecule has 0 unspecified atom stereocenters. The predicted molar refractivity (Wildman–Crippen MR) is 82.1 cm³/mol. The fourth-order valence-electron chi connectivity index (χ4n) is 1.77. The standard InChI is InChI=1S/C16H21NO5/c1-4-5-6-16(20)22-12-7-8-14(21-3)13(10-12)17-15(19)9-11(2)18/h7-8,10H,4-6,9H2,1-3H3,(H,17,19). The summed E-state index contributed by atoms with van der Waals surface area (Å²) in [5, 5.41) is 2.57. The number of nitrogens with one attached hydrogen (secondary N) is 1. The smallest absolute Gasteiger partial charge is 0.311 e. The molecule has 0 aliphatic heterocycles. The van der Waals surface area contributed by atoms with Crippen LogP contribution in [-0.2, 0) is 14.4 Å². The van der Waals surface area contributed by atoms with Crippen LogP contribution in [0.2, 0.25) is 0 Å². The number of benzene rings is 1. The van der Waals surface area contributed by atoms with E-state index in [-0.39, 0.29) is 18.2 Å². The molecule has 0 radical (unpaired) electrons. The number of carbonyl (C=O) groups is 3. The number of esters is 1. The van der Waals surface area contributed by atoms with Crippen molar-refractivity contribution in [3.63, 3.8) is 0 Å². The second-order valence-corrected chi connectivity index (χ2v) is 4.87. The molecular formula is C16H21NO5. The Bertz CT molecular complexity index is 553. The molecule has 0 aliphatic carbocycles. The molecule has 0 heterocycles. The third-order valence-corrected chi connectivity index (χ3v) is 2.82. The third-order valence-electron chi connectivity index (χ3n) is 2.82. The first-order chi connectivity index (χ1) is 10.5. The topological polar surface area (TPSA) is 81.7 Å². The number of anilines is 1. The van der Waals surface area contributed by atoms with E-state index in [1.54, 1.807) is 12.1 Å². The highest BCUT2D eigenvalue weighted by Gasteiger charge is 2.12. The van der Waals surface area contributed by atoms with Gasteiger partial charge >= 0.3 is 5.97 Å². The molecule has 120 valence electrons. The van der Waals surface area contributed by atoms with Gasteiger partial charge in [0.05, 0.1) is 19.2 Å². The lowest BCUT2D eigenvalue weighted by Gasteiger charge is -2.12. The Hall–Kier alpha value is -2.37. The van der Waals surface area contributed by atoms with Gasteiger partial charge in [0, 0.05) is 12.5 Å². The SMILES string of the molecule is CCCCC(=O)Oc1ccc(OC)c(NC(=O)CC(C)=O)c1. The van der Waals surface area contributed by atoms with E-state index in [9.17, 15) is 14.4 Å². The number of hydrogen-bond donors (Lipinski definition) is 1. The van der Waals surface area contributed by atoms with Crippen molar-refractivity contribution >= 4 is 23.3 Å². The molecule has 0 saturated carbocycles. The number of Topliss-reactive ketones (excluding diaryl/α,β-unsaturated/α-hetero) is 1. The van der Waals surface area contributed by atoms with Crippen LogP contribution in [0.4, 0.5) is 5.69 Å². The molecule has 6 heteroatoms. The van der Waals surface area contributed by atoms with Gasteiger partial charge in [0.15, 0.2) is 0 Å². The molecular weight excluding hydrogens is 286 g/mol. The summed E-state index contributed by atoms with van der Waals surface area (Å²) in [6, 6.07) is 4.68. The van der Waals surface area contributed by atoms with Crippen molar-refractivity contribution in [1.82, 2.24) is 0 Å². The molecule has 6 nitrogen and oxygen atoms in total. The average Bonchev–Trinajstić information content (AvgIpc) is 2.44. The Morgan fingerprint density at radius 1 is 1.23 bits per heavy atom. The third kappa shape index (κ3) is 5.95. The van der Waals surface area contributed by atoms with E-state index in [4.69, 9.17) is 9.47 Å². The van der Waals surface area contributed by atoms with Crippen molar-refractivity contribution in [2.45, 2.75) is 39.5 Å². The zero-order valence-corrected chi connectivity index (χ0v) is 13.1. The summed E-state index contributed by atoms with van der Waals surface area (Å²) >= 11 is 0. The van der Waals surface area contributed by atoms with Crippen molar-refractivity contribution in [2.75, 3.05) is 12.4 Å². The van der Waals surface area contributed by atoms with Gasteiger partial charge < -0.3 is 14.8 Å². The van der Waals surface area contributed by atoms with Gasteiger partial charge in [-0.1, -0.05) is 13.3 Å². The van der Waals surface area contributed by atoms with Gasteiger partial charge in [-0.3, -0.25) is 14.4 Å². The molecule has 1 rings (SSSR count). The van der Waals surface area contributed by atoms with Crippen molar-refractivity contribution in [3.05, 3.63) is 18.2 Å². The Morgan fingerprint density at radius 2 is 1.95 bits per heavy atom. The van der Waals surface area contributed by atoms with E-state index in [2.05, 4.69) is 5.32 Å². The zero-order valence-electron chi connectivity index (χ0n) is 13.1. The monoisotopic (exact) mass is 307 g/mol. The van der Waals surface area contributed by atoms with Gasteiger partial charge in [0.2, 0.25) is 5.91 Å². The van der Waals surface area contributed by atoms with Crippen molar-refractivity contribution in [2.24, 2.45) is 0 Å². The van der Waals surface area contributed by atoms with Crippen LogP contribution in [0.5, 0.6) is 11.5 Å². The summed E-state index contributed by atoms with van der Waals surface area (Å²) in [6.45, 7) is 3.33. The number of ketones is 1. The molecule has 0 saturated heterocycles. The Kier molecular flexibility index (Phi) is 7.08. The molecule has 0 atom stereocenters. The predicted octanol–water partition coefficient (Wildman–Crippen LogP) is 2.71. The van der Waals surface area contributed by atoms with E-state index in [1.807, 2.05) is 6.92 Å². The maximum absolute atomic E-state index is 11.7. The summed E-state index contributed by atoms with van der Waals surface area (Å²) in [5.41, 5.74) is 0.356. The minimum Gasteiger partial charge on any atom is -0.495 e. The molecule has 1 aromatic rings. The maximum Gasteiger partial charge on any atom is 0.311 e. The first kappa shape index (κ1) is 17.7. The van der Waals surface area contributed by atoms with E-state index >= 15 is 0 Å². The van der Waals surface area contributed by atoms with Crippen LogP contribution in [0.15, 0.2) is 18.2 Å². The first-order valence-corrected chi connectivity index (χ1v) is 7.14. The van der Waals surface area contributed by atoms with Crippen LogP contribution in [0.25, 0.3) is 0 Å². The van der Waals surface area contributed by atoms with Crippen LogP contribution >= 0.6 is 0 Å². The lowest BCUT2D eigenvalue weighted by atomic mass is 10.2. The molecule has 1 amide bonds. The molecule has 0 aliphatic rings. The van der Waals surface area contributed by atoms with Gasteiger partial charge in [-0.05, 0) is 25.5 Å². The quantitative estimate of drug-likeness (QED) is 0.453. The van der Waals surface area contributed by atoms with Gasteiger partial charge in [0.1, 0.15) is 17.3 Å². The second-order valence-electron chi connectivity index (χ2n) is 4.87. The largest absolute Gasteiger partial charge is 0.495 e. The number of carbonyl (C=O) groups excluding carboxylic acids is 3. The molecule has 0 aromatic heterocycles. The number of rotatable bonds is 8. The number of amides is 1. The molecule has 1 N–H and O–H groups in total. The van der Waals surface area contributed by atoms with Crippen LogP contribution in [0, 0.1) is 0 Å². The van der Waals surface area contributed by atoms with Crippen LogP contribution in [0.3, 0.4) is 0 Å². The number of methoxy groups -OCH3 is 1. The summed E-state index contributed by atoms with van der Waals surface area (Å²) in [4.78, 5) is 34.2. The lowest BCUT2D eigenvalue weighted by molar-refractivity contribution is -0.134. The summed E-state index contributed by atoms with van der Waals surface area (Å²) in [5.74, 6) is -0.266. The Labute approximate surface area is 129 Å². The normalized spacial score (nSPS) is 9.95. The fraction of sp³-hybridized carbons (Fsp3) is 0.438. The average molecular weight is 307 g/mol. The minimum absolute atomic E-state index is 0.219. The molecule has 22 heavy (non-hydrogen) atoms. The van der Waals surface area contributed by atoms with Crippen molar-refractivity contribution < 1.29 is 23.9 Å². The maximum atomic E-state index is 11.7. The second kappa shape index (κ2) is 8.81. The number of ether oxygens (including phenoxy) is 2. The van der Waals surface area contributed by atoms with Crippen LogP contribution < -0.4 is 14.8 Å². The molecule has 1 aromatic carbocycles. The minimum atomic E-state index is -0.444. The van der Waals surface area contributed by atoms with Gasteiger partial charge in [-0.15, -0.1) is 0 Å². The summed E-state index contributed by atoms with van der Waals surface area (Å²) in [7, 11) is 1.46. The van der Waals surface area contributed by atoms with Gasteiger partial charge in [-0.25, -0.2) is 0 Å². The molecule has 0 fully saturated rings. The Morgan fingerprint density at radius 3 is 2.55 bits per heavy atom. The van der Waals surface area contributed by atoms with E-state index in [0.29, 0.717) is 23.6 Å². The summed E-state index contributed by atoms with van der Waals surface area (Å²) < 4.78 is 10.3. The van der Waals surface area contributed by atoms with E-state index in [0.717, 1.165) is 12.8 Å². The van der Waals surface area contributed by atoms with Gasteiger partial charge in [0.25, 0.3) is 0 Å².